The third kappa shape index (κ3) is 3.76. The summed E-state index contributed by atoms with van der Waals surface area (Å²) >= 11 is 18.8. The second-order valence-electron chi connectivity index (χ2n) is 8.67. The normalized spacial score (nSPS) is 29.3. The summed E-state index contributed by atoms with van der Waals surface area (Å²) in [6.07, 6.45) is 0.692. The van der Waals surface area contributed by atoms with Crippen molar-refractivity contribution in [2.45, 2.75) is 17.2 Å². The molecule has 2 bridgehead atoms. The van der Waals surface area contributed by atoms with Gasteiger partial charge in [-0.25, -0.2) is 4.79 Å². The van der Waals surface area contributed by atoms with Crippen LogP contribution >= 0.6 is 34.8 Å². The van der Waals surface area contributed by atoms with Crippen LogP contribution in [0.1, 0.15) is 16.8 Å². The highest BCUT2D eigenvalue weighted by Gasteiger charge is 2.66. The Balaban J connectivity index is 1.22. The molecule has 5 rings (SSSR count). The van der Waals surface area contributed by atoms with Gasteiger partial charge in [0.25, 0.3) is 5.91 Å². The number of para-hydroxylation sites is 1. The van der Waals surface area contributed by atoms with Crippen LogP contribution in [0.4, 0.5) is 11.4 Å². The van der Waals surface area contributed by atoms with Crippen molar-refractivity contribution in [3.8, 4) is 0 Å². The summed E-state index contributed by atoms with van der Waals surface area (Å²) in [6.45, 7) is -0.500. The molecule has 34 heavy (non-hydrogen) atoms. The number of rotatable bonds is 5. The highest BCUT2D eigenvalue weighted by atomic mass is 35.5. The van der Waals surface area contributed by atoms with Gasteiger partial charge in [0.05, 0.1) is 44.6 Å². The van der Waals surface area contributed by atoms with E-state index in [1.165, 1.54) is 29.2 Å². The van der Waals surface area contributed by atoms with E-state index in [0.717, 1.165) is 0 Å². The van der Waals surface area contributed by atoms with E-state index in [4.69, 9.17) is 39.5 Å². The van der Waals surface area contributed by atoms with Gasteiger partial charge in [0.2, 0.25) is 11.8 Å². The predicted octanol–water partition coefficient (Wildman–Crippen LogP) is 4.11. The highest BCUT2D eigenvalue weighted by Crippen LogP contribution is 2.59. The van der Waals surface area contributed by atoms with Crippen molar-refractivity contribution in [2.24, 2.45) is 23.7 Å². The number of esters is 1. The molecule has 3 fully saturated rings. The first-order valence-corrected chi connectivity index (χ1v) is 12.0. The van der Waals surface area contributed by atoms with Crippen LogP contribution < -0.4 is 10.2 Å². The van der Waals surface area contributed by atoms with Crippen molar-refractivity contribution in [2.75, 3.05) is 16.8 Å². The van der Waals surface area contributed by atoms with Crippen molar-refractivity contribution >= 4 is 69.9 Å². The van der Waals surface area contributed by atoms with Crippen LogP contribution in [0.15, 0.2) is 48.5 Å². The van der Waals surface area contributed by atoms with Gasteiger partial charge in [-0.1, -0.05) is 23.7 Å². The fraction of sp³-hybridized carbons (Fsp3) is 0.333. The Morgan fingerprint density at radius 2 is 1.53 bits per heavy atom. The zero-order valence-electron chi connectivity index (χ0n) is 17.6. The van der Waals surface area contributed by atoms with Gasteiger partial charge in [0, 0.05) is 0 Å². The van der Waals surface area contributed by atoms with Crippen molar-refractivity contribution < 1.29 is 23.9 Å². The molecule has 1 N–H and O–H groups in total. The van der Waals surface area contributed by atoms with Crippen LogP contribution in [0.2, 0.25) is 5.02 Å². The lowest BCUT2D eigenvalue weighted by molar-refractivity contribution is -0.123. The smallest absolute Gasteiger partial charge is 0.338 e. The number of alkyl halides is 2. The molecule has 0 aromatic heterocycles. The first-order chi connectivity index (χ1) is 16.3. The number of benzene rings is 2. The molecule has 2 aliphatic carbocycles. The number of nitrogens with zero attached hydrogens (tertiary/aromatic N) is 1. The SMILES string of the molecule is O=C(COC(=O)c1ccc(N2C(=O)[C@@H]3[C@H]4C[C@@H]([C@H](Cl)[C@H]4Cl)[C@H]3C2=O)cc1)Nc1ccccc1Cl. The Labute approximate surface area is 210 Å². The van der Waals surface area contributed by atoms with Gasteiger partial charge >= 0.3 is 5.97 Å². The van der Waals surface area contributed by atoms with Gasteiger partial charge in [-0.3, -0.25) is 19.3 Å². The fourth-order valence-electron chi connectivity index (χ4n) is 5.31. The van der Waals surface area contributed by atoms with Gasteiger partial charge in [-0.05, 0) is 54.7 Å². The van der Waals surface area contributed by atoms with Gasteiger partial charge in [-0.15, -0.1) is 23.2 Å². The van der Waals surface area contributed by atoms with E-state index in [-0.39, 0.29) is 40.0 Å². The first kappa shape index (κ1) is 23.1. The second kappa shape index (κ2) is 8.87. The number of hydrogen-bond acceptors (Lipinski definition) is 5. The van der Waals surface area contributed by atoms with Crippen molar-refractivity contribution in [3.05, 3.63) is 59.1 Å². The summed E-state index contributed by atoms with van der Waals surface area (Å²) < 4.78 is 5.06. The highest BCUT2D eigenvalue weighted by molar-refractivity contribution is 6.34. The van der Waals surface area contributed by atoms with E-state index in [0.29, 0.717) is 22.8 Å². The number of imide groups is 1. The molecule has 6 atom stereocenters. The minimum atomic E-state index is -0.718. The molecule has 1 saturated heterocycles. The van der Waals surface area contributed by atoms with Crippen LogP contribution in [-0.4, -0.2) is 41.1 Å². The zero-order chi connectivity index (χ0) is 24.1. The summed E-state index contributed by atoms with van der Waals surface area (Å²) in [5.74, 6) is -2.91. The van der Waals surface area contributed by atoms with Crippen LogP contribution in [0.3, 0.4) is 0 Å². The standard InChI is InChI=1S/C24H19Cl3N2O5/c25-15-3-1-2-4-16(15)28-17(30)10-34-24(33)11-5-7-12(8-6-11)29-22(31)18-13-9-14(19(18)23(29)32)21(27)20(13)26/h1-8,13-14,18-21H,9-10H2,(H,28,30)/t13-,14-,18-,19-,20+,21+/m1/s1. The quantitative estimate of drug-likeness (QED) is 0.363. The van der Waals surface area contributed by atoms with Crippen molar-refractivity contribution in [3.63, 3.8) is 0 Å². The molecule has 1 heterocycles. The number of ether oxygens (including phenoxy) is 1. The molecule has 3 amide bonds. The minimum Gasteiger partial charge on any atom is -0.452 e. The molecule has 0 spiro atoms. The Hall–Kier alpha value is -2.61. The molecule has 0 radical (unpaired) electrons. The van der Waals surface area contributed by atoms with E-state index >= 15 is 0 Å². The number of amides is 3. The van der Waals surface area contributed by atoms with Gasteiger partial charge in [0.15, 0.2) is 6.61 Å². The number of halogens is 3. The third-order valence-corrected chi connectivity index (χ3v) is 8.48. The maximum Gasteiger partial charge on any atom is 0.338 e. The third-order valence-electron chi connectivity index (χ3n) is 6.83. The second-order valence-corrected chi connectivity index (χ2v) is 10.1. The van der Waals surface area contributed by atoms with E-state index < -0.39 is 30.3 Å². The average molecular weight is 522 g/mol. The average Bonchev–Trinajstić information content (AvgIpc) is 3.44. The topological polar surface area (TPSA) is 92.8 Å². The van der Waals surface area contributed by atoms with Crippen molar-refractivity contribution in [1.29, 1.82) is 0 Å². The monoisotopic (exact) mass is 520 g/mol. The molecule has 3 aliphatic rings. The summed E-state index contributed by atoms with van der Waals surface area (Å²) in [7, 11) is 0. The number of anilines is 2. The molecular weight excluding hydrogens is 503 g/mol. The number of hydrogen-bond donors (Lipinski definition) is 1. The summed E-state index contributed by atoms with van der Waals surface area (Å²) in [4.78, 5) is 51.7. The van der Waals surface area contributed by atoms with E-state index in [1.54, 1.807) is 24.3 Å². The largest absolute Gasteiger partial charge is 0.452 e. The fourth-order valence-corrected chi connectivity index (χ4v) is 6.39. The van der Waals surface area contributed by atoms with Crippen molar-refractivity contribution in [1.82, 2.24) is 0 Å². The summed E-state index contributed by atoms with van der Waals surface area (Å²) in [5, 5.41) is 2.28. The van der Waals surface area contributed by atoms with E-state index in [2.05, 4.69) is 5.32 Å². The van der Waals surface area contributed by atoms with Gasteiger partial charge in [0.1, 0.15) is 0 Å². The van der Waals surface area contributed by atoms with Gasteiger partial charge < -0.3 is 10.1 Å². The molecule has 10 heteroatoms. The molecular formula is C24H19Cl3N2O5. The Bertz CT molecular complexity index is 1160. The number of fused-ring (bicyclic) bond motifs is 5. The Kier molecular flexibility index (Phi) is 6.04. The Morgan fingerprint density at radius 1 is 0.941 bits per heavy atom. The Morgan fingerprint density at radius 3 is 2.12 bits per heavy atom. The van der Waals surface area contributed by atoms with Crippen LogP contribution in [0.5, 0.6) is 0 Å². The lowest BCUT2D eigenvalue weighted by Gasteiger charge is -2.28. The molecule has 1 aliphatic heterocycles. The molecule has 2 aromatic rings. The van der Waals surface area contributed by atoms with Crippen LogP contribution in [0, 0.1) is 23.7 Å². The zero-order valence-corrected chi connectivity index (χ0v) is 19.9. The minimum absolute atomic E-state index is 0.105. The molecule has 0 unspecified atom stereocenters. The van der Waals surface area contributed by atoms with Crippen LogP contribution in [0.25, 0.3) is 0 Å². The predicted molar refractivity (Wildman–Crippen MR) is 127 cm³/mol. The number of carbonyl (C=O) groups is 4. The molecule has 176 valence electrons. The maximum atomic E-state index is 13.1. The molecule has 2 aromatic carbocycles. The van der Waals surface area contributed by atoms with E-state index in [9.17, 15) is 19.2 Å². The number of nitrogens with one attached hydrogen (secondary N) is 1. The van der Waals surface area contributed by atoms with Crippen LogP contribution in [-0.2, 0) is 19.1 Å². The summed E-state index contributed by atoms with van der Waals surface area (Å²) in [6, 6.07) is 12.6. The summed E-state index contributed by atoms with van der Waals surface area (Å²) in [5.41, 5.74) is 0.957. The lowest BCUT2D eigenvalue weighted by Crippen LogP contribution is -2.37. The van der Waals surface area contributed by atoms with Gasteiger partial charge in [-0.2, -0.15) is 0 Å². The first-order valence-electron chi connectivity index (χ1n) is 10.8. The maximum absolute atomic E-state index is 13.1. The lowest BCUT2D eigenvalue weighted by atomic mass is 9.80. The van der Waals surface area contributed by atoms with E-state index in [1.807, 2.05) is 0 Å². The molecule has 7 nitrogen and oxygen atoms in total. The molecule has 2 saturated carbocycles. The number of carbonyl (C=O) groups excluding carboxylic acids is 4.